The highest BCUT2D eigenvalue weighted by molar-refractivity contribution is 7.99. The summed E-state index contributed by atoms with van der Waals surface area (Å²) in [6, 6.07) is -0.429. The predicted octanol–water partition coefficient (Wildman–Crippen LogP) is 2.87. The molecule has 0 saturated carbocycles. The van der Waals surface area contributed by atoms with Crippen molar-refractivity contribution >= 4 is 23.7 Å². The zero-order valence-electron chi connectivity index (χ0n) is 14.7. The first kappa shape index (κ1) is 19.5. The molecule has 1 heterocycles. The largest absolute Gasteiger partial charge is 0.338 e. The number of carbonyl (C=O) groups excluding carboxylic acids is 2. The molecule has 0 saturated heterocycles. The lowest BCUT2D eigenvalue weighted by molar-refractivity contribution is -0.117. The molecular weight excluding hydrogens is 312 g/mol. The topological polar surface area (TPSA) is 76.0 Å². The number of aromatic nitrogens is 2. The van der Waals surface area contributed by atoms with E-state index in [0.717, 1.165) is 35.9 Å². The maximum atomic E-state index is 11.9. The number of urea groups is 1. The van der Waals surface area contributed by atoms with Gasteiger partial charge in [-0.25, -0.2) is 9.78 Å². The van der Waals surface area contributed by atoms with E-state index >= 15 is 0 Å². The van der Waals surface area contributed by atoms with E-state index in [4.69, 9.17) is 0 Å². The molecule has 23 heavy (non-hydrogen) atoms. The minimum Gasteiger partial charge on any atom is -0.338 e. The first-order chi connectivity index (χ1) is 10.8. The number of nitrogens with zero attached hydrogens (tertiary/aromatic N) is 2. The standard InChI is InChI=1S/C16H28N4O2S/c1-6-7-8-17-15(22)19-14(21)10-23-16-18-12(4)13(5)20(16)9-11(2)3/h11H,6-10H2,1-5H3,(H2,17,19,21,22). The minimum atomic E-state index is -0.429. The van der Waals surface area contributed by atoms with Crippen molar-refractivity contribution in [2.75, 3.05) is 12.3 Å². The van der Waals surface area contributed by atoms with Gasteiger partial charge in [0.05, 0.1) is 11.4 Å². The van der Waals surface area contributed by atoms with Crippen LogP contribution in [0.25, 0.3) is 0 Å². The van der Waals surface area contributed by atoms with Gasteiger partial charge in [0.25, 0.3) is 0 Å². The summed E-state index contributed by atoms with van der Waals surface area (Å²) in [5, 5.41) is 5.84. The molecule has 1 aromatic rings. The van der Waals surface area contributed by atoms with Crippen LogP contribution in [0.15, 0.2) is 5.16 Å². The summed E-state index contributed by atoms with van der Waals surface area (Å²) in [5.74, 6) is 0.369. The molecule has 0 atom stereocenters. The zero-order chi connectivity index (χ0) is 17.4. The first-order valence-corrected chi connectivity index (χ1v) is 9.07. The molecule has 0 radical (unpaired) electrons. The molecule has 130 valence electrons. The molecular formula is C16H28N4O2S. The molecule has 1 aromatic heterocycles. The average molecular weight is 340 g/mol. The summed E-state index contributed by atoms with van der Waals surface area (Å²) in [5.41, 5.74) is 2.10. The van der Waals surface area contributed by atoms with Crippen LogP contribution >= 0.6 is 11.8 Å². The Morgan fingerprint density at radius 2 is 2.00 bits per heavy atom. The number of hydrogen-bond acceptors (Lipinski definition) is 4. The maximum Gasteiger partial charge on any atom is 0.321 e. The van der Waals surface area contributed by atoms with Crippen LogP contribution in [0, 0.1) is 19.8 Å². The Kier molecular flexibility index (Phi) is 8.16. The number of aryl methyl sites for hydroxylation is 1. The van der Waals surface area contributed by atoms with Crippen LogP contribution < -0.4 is 10.6 Å². The zero-order valence-corrected chi connectivity index (χ0v) is 15.5. The summed E-state index contributed by atoms with van der Waals surface area (Å²) < 4.78 is 2.14. The summed E-state index contributed by atoms with van der Waals surface area (Å²) in [7, 11) is 0. The Morgan fingerprint density at radius 3 is 2.61 bits per heavy atom. The first-order valence-electron chi connectivity index (χ1n) is 8.09. The number of hydrogen-bond donors (Lipinski definition) is 2. The van der Waals surface area contributed by atoms with E-state index in [-0.39, 0.29) is 11.7 Å². The van der Waals surface area contributed by atoms with Crippen LogP contribution in [0.2, 0.25) is 0 Å². The maximum absolute atomic E-state index is 11.9. The minimum absolute atomic E-state index is 0.176. The number of carbonyl (C=O) groups is 2. The second-order valence-corrected chi connectivity index (χ2v) is 6.96. The Bertz CT molecular complexity index is 540. The number of thioether (sulfide) groups is 1. The van der Waals surface area contributed by atoms with E-state index in [9.17, 15) is 9.59 Å². The Hall–Kier alpha value is -1.50. The molecule has 0 aliphatic carbocycles. The number of amides is 3. The number of imide groups is 1. The van der Waals surface area contributed by atoms with Crippen molar-refractivity contribution in [3.63, 3.8) is 0 Å². The second kappa shape index (κ2) is 9.60. The van der Waals surface area contributed by atoms with Gasteiger partial charge in [0.15, 0.2) is 5.16 Å². The Morgan fingerprint density at radius 1 is 1.30 bits per heavy atom. The molecule has 0 fully saturated rings. The third-order valence-corrected chi connectivity index (χ3v) is 4.35. The highest BCUT2D eigenvalue weighted by Gasteiger charge is 2.15. The van der Waals surface area contributed by atoms with Gasteiger partial charge in [0.2, 0.25) is 5.91 Å². The van der Waals surface area contributed by atoms with E-state index in [1.807, 2.05) is 20.8 Å². The summed E-state index contributed by atoms with van der Waals surface area (Å²) in [4.78, 5) is 27.9. The monoisotopic (exact) mass is 340 g/mol. The molecule has 0 bridgehead atoms. The lowest BCUT2D eigenvalue weighted by Gasteiger charge is -2.12. The van der Waals surface area contributed by atoms with E-state index in [0.29, 0.717) is 12.5 Å². The molecule has 1 rings (SSSR count). The molecule has 6 nitrogen and oxygen atoms in total. The predicted molar refractivity (Wildman–Crippen MR) is 93.7 cm³/mol. The quantitative estimate of drug-likeness (QED) is 0.563. The number of nitrogens with one attached hydrogen (secondary N) is 2. The van der Waals surface area contributed by atoms with Gasteiger partial charge in [-0.3, -0.25) is 10.1 Å². The van der Waals surface area contributed by atoms with Crippen molar-refractivity contribution < 1.29 is 9.59 Å². The van der Waals surface area contributed by atoms with Crippen LogP contribution in [0.3, 0.4) is 0 Å². The number of unbranched alkanes of at least 4 members (excludes halogenated alkanes) is 1. The van der Waals surface area contributed by atoms with E-state index in [1.54, 1.807) is 0 Å². The van der Waals surface area contributed by atoms with Crippen molar-refractivity contribution in [3.05, 3.63) is 11.4 Å². The number of rotatable bonds is 8. The number of imidazole rings is 1. The van der Waals surface area contributed by atoms with Crippen LogP contribution in [-0.4, -0.2) is 33.8 Å². The van der Waals surface area contributed by atoms with Gasteiger partial charge in [-0.05, 0) is 26.2 Å². The van der Waals surface area contributed by atoms with Crippen molar-refractivity contribution in [1.82, 2.24) is 20.2 Å². The van der Waals surface area contributed by atoms with Gasteiger partial charge < -0.3 is 9.88 Å². The van der Waals surface area contributed by atoms with Crippen LogP contribution in [-0.2, 0) is 11.3 Å². The summed E-state index contributed by atoms with van der Waals surface area (Å²) in [6.07, 6.45) is 1.91. The highest BCUT2D eigenvalue weighted by Crippen LogP contribution is 2.22. The molecule has 0 aromatic carbocycles. The summed E-state index contributed by atoms with van der Waals surface area (Å²) in [6.45, 7) is 11.8. The highest BCUT2D eigenvalue weighted by atomic mass is 32.2. The van der Waals surface area contributed by atoms with Crippen LogP contribution in [0.1, 0.15) is 45.0 Å². The van der Waals surface area contributed by atoms with E-state index in [2.05, 4.69) is 34.0 Å². The van der Waals surface area contributed by atoms with Crippen LogP contribution in [0.4, 0.5) is 4.79 Å². The lowest BCUT2D eigenvalue weighted by atomic mass is 10.2. The van der Waals surface area contributed by atoms with Crippen molar-refractivity contribution in [2.24, 2.45) is 5.92 Å². The second-order valence-electron chi connectivity index (χ2n) is 6.02. The van der Waals surface area contributed by atoms with Gasteiger partial charge in [0, 0.05) is 18.8 Å². The van der Waals surface area contributed by atoms with E-state index in [1.165, 1.54) is 11.8 Å². The summed E-state index contributed by atoms with van der Waals surface area (Å²) >= 11 is 1.36. The molecule has 0 aliphatic heterocycles. The van der Waals surface area contributed by atoms with Crippen molar-refractivity contribution in [1.29, 1.82) is 0 Å². The van der Waals surface area contributed by atoms with Gasteiger partial charge in [-0.1, -0.05) is 39.0 Å². The van der Waals surface area contributed by atoms with Gasteiger partial charge in [0.1, 0.15) is 0 Å². The fourth-order valence-corrected chi connectivity index (χ4v) is 2.93. The van der Waals surface area contributed by atoms with Gasteiger partial charge in [-0.2, -0.15) is 0 Å². The molecule has 0 unspecified atom stereocenters. The van der Waals surface area contributed by atoms with Gasteiger partial charge in [-0.15, -0.1) is 0 Å². The van der Waals surface area contributed by atoms with E-state index < -0.39 is 6.03 Å². The molecule has 3 amide bonds. The third kappa shape index (κ3) is 6.64. The Labute approximate surface area is 142 Å². The SMILES string of the molecule is CCCCNC(=O)NC(=O)CSc1nc(C)c(C)n1CC(C)C. The smallest absolute Gasteiger partial charge is 0.321 e. The van der Waals surface area contributed by atoms with Crippen LogP contribution in [0.5, 0.6) is 0 Å². The lowest BCUT2D eigenvalue weighted by Crippen LogP contribution is -2.40. The van der Waals surface area contributed by atoms with Crippen molar-refractivity contribution in [2.45, 2.75) is 59.2 Å². The normalized spacial score (nSPS) is 10.9. The average Bonchev–Trinajstić information content (AvgIpc) is 2.72. The Balaban J connectivity index is 2.53. The molecule has 7 heteroatoms. The fraction of sp³-hybridized carbons (Fsp3) is 0.688. The molecule has 0 spiro atoms. The van der Waals surface area contributed by atoms with Crippen molar-refractivity contribution in [3.8, 4) is 0 Å². The molecule has 0 aliphatic rings. The molecule has 2 N–H and O–H groups in total. The van der Waals surface area contributed by atoms with Gasteiger partial charge >= 0.3 is 6.03 Å². The third-order valence-electron chi connectivity index (χ3n) is 3.37. The fourth-order valence-electron chi connectivity index (χ4n) is 2.03.